The van der Waals surface area contributed by atoms with Crippen molar-refractivity contribution in [3.63, 3.8) is 0 Å². The van der Waals surface area contributed by atoms with Gasteiger partial charge in [0.05, 0.1) is 0 Å². The van der Waals surface area contributed by atoms with Crippen LogP contribution in [0.4, 0.5) is 13.2 Å². The highest BCUT2D eigenvalue weighted by molar-refractivity contribution is 5.57. The minimum atomic E-state index is -1.51. The number of hydrogen-bond acceptors (Lipinski definition) is 2. The average Bonchev–Trinajstić information content (AvgIpc) is 2.84. The average molecular weight is 256 g/mol. The van der Waals surface area contributed by atoms with Crippen LogP contribution in [0.5, 0.6) is 0 Å². The molecule has 0 radical (unpaired) electrons. The van der Waals surface area contributed by atoms with Gasteiger partial charge in [-0.2, -0.15) is 0 Å². The highest BCUT2D eigenvalue weighted by Gasteiger charge is 2.15. The quantitative estimate of drug-likeness (QED) is 0.847. The smallest absolute Gasteiger partial charge is 0.194 e. The van der Waals surface area contributed by atoms with Crippen molar-refractivity contribution in [3.05, 3.63) is 47.5 Å². The highest BCUT2D eigenvalue weighted by Crippen LogP contribution is 2.28. The summed E-state index contributed by atoms with van der Waals surface area (Å²) in [7, 11) is 0. The molecule has 1 N–H and O–H groups in total. The van der Waals surface area contributed by atoms with E-state index in [1.165, 1.54) is 12.1 Å². The number of halogens is 3. The zero-order valence-electron chi connectivity index (χ0n) is 9.58. The Morgan fingerprint density at radius 1 is 1.17 bits per heavy atom. The molecule has 0 saturated heterocycles. The summed E-state index contributed by atoms with van der Waals surface area (Å²) in [6.45, 7) is 1.77. The van der Waals surface area contributed by atoms with Gasteiger partial charge >= 0.3 is 0 Å². The molecule has 0 spiro atoms. The van der Waals surface area contributed by atoms with Crippen LogP contribution in [-0.2, 0) is 0 Å². The molecule has 2 nitrogen and oxygen atoms in total. The van der Waals surface area contributed by atoms with Gasteiger partial charge in [0, 0.05) is 5.56 Å². The van der Waals surface area contributed by atoms with Crippen molar-refractivity contribution in [3.8, 4) is 11.3 Å². The second-order valence-corrected chi connectivity index (χ2v) is 3.88. The molecule has 0 aliphatic heterocycles. The fraction of sp³-hybridized carbons (Fsp3) is 0.231. The normalized spacial score (nSPS) is 12.7. The Bertz CT molecular complexity index is 540. The third-order valence-corrected chi connectivity index (χ3v) is 2.61. The van der Waals surface area contributed by atoms with Gasteiger partial charge in [-0.15, -0.1) is 0 Å². The Morgan fingerprint density at radius 3 is 2.33 bits per heavy atom. The lowest BCUT2D eigenvalue weighted by Gasteiger charge is -2.03. The number of furan rings is 1. The maximum absolute atomic E-state index is 13.1. The van der Waals surface area contributed by atoms with Crippen molar-refractivity contribution < 1.29 is 22.7 Å². The van der Waals surface area contributed by atoms with Crippen LogP contribution in [0.1, 0.15) is 25.2 Å². The lowest BCUT2D eigenvalue weighted by atomic mass is 10.1. The minimum absolute atomic E-state index is 0.0842. The first kappa shape index (κ1) is 12.7. The summed E-state index contributed by atoms with van der Waals surface area (Å²) in [5, 5.41) is 9.54. The standard InChI is InChI=1S/C13H11F3O2/c1-2-10(17)12-4-3-11(18-12)7-5-8(14)13(16)9(15)6-7/h3-6,10,17H,2H2,1H3. The largest absolute Gasteiger partial charge is 0.458 e. The van der Waals surface area contributed by atoms with E-state index in [0.717, 1.165) is 12.1 Å². The van der Waals surface area contributed by atoms with E-state index >= 15 is 0 Å². The third-order valence-electron chi connectivity index (χ3n) is 2.61. The van der Waals surface area contributed by atoms with Crippen molar-refractivity contribution >= 4 is 0 Å². The molecule has 0 amide bonds. The first-order valence-electron chi connectivity index (χ1n) is 5.45. The van der Waals surface area contributed by atoms with Gasteiger partial charge in [-0.25, -0.2) is 13.2 Å². The van der Waals surface area contributed by atoms with Crippen LogP contribution in [0.2, 0.25) is 0 Å². The number of aliphatic hydroxyl groups excluding tert-OH is 1. The zero-order valence-corrected chi connectivity index (χ0v) is 9.58. The predicted octanol–water partition coefficient (Wildman–Crippen LogP) is 3.81. The molecule has 1 aromatic carbocycles. The van der Waals surface area contributed by atoms with Crippen LogP contribution in [0.3, 0.4) is 0 Å². The molecule has 2 rings (SSSR count). The molecule has 1 heterocycles. The number of benzene rings is 1. The molecule has 0 saturated carbocycles. The Balaban J connectivity index is 2.40. The maximum atomic E-state index is 13.1. The molecular formula is C13H11F3O2. The summed E-state index contributed by atoms with van der Waals surface area (Å²) in [5.41, 5.74) is 0.0842. The van der Waals surface area contributed by atoms with E-state index in [2.05, 4.69) is 0 Å². The molecule has 0 aliphatic carbocycles. The van der Waals surface area contributed by atoms with Crippen LogP contribution in [-0.4, -0.2) is 5.11 Å². The van der Waals surface area contributed by atoms with Gasteiger partial charge in [-0.1, -0.05) is 6.92 Å². The van der Waals surface area contributed by atoms with Gasteiger partial charge in [0.1, 0.15) is 17.6 Å². The third kappa shape index (κ3) is 2.26. The SMILES string of the molecule is CCC(O)c1ccc(-c2cc(F)c(F)c(F)c2)o1. The fourth-order valence-corrected chi connectivity index (χ4v) is 1.59. The molecule has 18 heavy (non-hydrogen) atoms. The summed E-state index contributed by atoms with van der Waals surface area (Å²) in [6, 6.07) is 4.68. The van der Waals surface area contributed by atoms with E-state index in [-0.39, 0.29) is 11.3 Å². The van der Waals surface area contributed by atoms with Gasteiger partial charge in [0.15, 0.2) is 17.5 Å². The van der Waals surface area contributed by atoms with Crippen molar-refractivity contribution in [2.75, 3.05) is 0 Å². The van der Waals surface area contributed by atoms with E-state index in [4.69, 9.17) is 4.42 Å². The number of aliphatic hydroxyl groups is 1. The summed E-state index contributed by atoms with van der Waals surface area (Å²) in [6.07, 6.45) is -0.312. The summed E-state index contributed by atoms with van der Waals surface area (Å²) >= 11 is 0. The molecule has 0 aliphatic rings. The number of rotatable bonds is 3. The molecule has 1 aromatic heterocycles. The lowest BCUT2D eigenvalue weighted by molar-refractivity contribution is 0.147. The lowest BCUT2D eigenvalue weighted by Crippen LogP contribution is -1.92. The van der Waals surface area contributed by atoms with Gasteiger partial charge in [-0.05, 0) is 30.7 Å². The Morgan fingerprint density at radius 2 is 1.78 bits per heavy atom. The Kier molecular flexibility index (Phi) is 3.43. The first-order valence-corrected chi connectivity index (χ1v) is 5.45. The van der Waals surface area contributed by atoms with Crippen molar-refractivity contribution in [1.29, 1.82) is 0 Å². The van der Waals surface area contributed by atoms with Crippen molar-refractivity contribution in [1.82, 2.24) is 0 Å². The minimum Gasteiger partial charge on any atom is -0.458 e. The van der Waals surface area contributed by atoms with E-state index < -0.39 is 23.6 Å². The molecule has 96 valence electrons. The fourth-order valence-electron chi connectivity index (χ4n) is 1.59. The molecule has 2 aromatic rings. The summed E-state index contributed by atoms with van der Waals surface area (Å²) in [4.78, 5) is 0. The van der Waals surface area contributed by atoms with E-state index in [9.17, 15) is 18.3 Å². The van der Waals surface area contributed by atoms with Crippen LogP contribution in [0, 0.1) is 17.5 Å². The van der Waals surface area contributed by atoms with Gasteiger partial charge in [0.25, 0.3) is 0 Å². The van der Waals surface area contributed by atoms with Crippen LogP contribution >= 0.6 is 0 Å². The summed E-state index contributed by atoms with van der Waals surface area (Å²) in [5.74, 6) is -3.59. The zero-order chi connectivity index (χ0) is 13.3. The maximum Gasteiger partial charge on any atom is 0.194 e. The first-order chi connectivity index (χ1) is 8.52. The van der Waals surface area contributed by atoms with E-state index in [1.54, 1.807) is 6.92 Å². The Hall–Kier alpha value is -1.75. The van der Waals surface area contributed by atoms with Gasteiger partial charge in [-0.3, -0.25) is 0 Å². The monoisotopic (exact) mass is 256 g/mol. The van der Waals surface area contributed by atoms with Crippen LogP contribution in [0.15, 0.2) is 28.7 Å². The van der Waals surface area contributed by atoms with E-state index in [1.807, 2.05) is 0 Å². The van der Waals surface area contributed by atoms with E-state index in [0.29, 0.717) is 12.2 Å². The molecule has 0 bridgehead atoms. The molecule has 0 fully saturated rings. The highest BCUT2D eigenvalue weighted by atomic mass is 19.2. The van der Waals surface area contributed by atoms with Crippen molar-refractivity contribution in [2.45, 2.75) is 19.4 Å². The molecule has 1 unspecified atom stereocenters. The van der Waals surface area contributed by atoms with Crippen molar-refractivity contribution in [2.24, 2.45) is 0 Å². The summed E-state index contributed by atoms with van der Waals surface area (Å²) < 4.78 is 44.2. The Labute approximate surface area is 102 Å². The number of hydrogen-bond donors (Lipinski definition) is 1. The second kappa shape index (κ2) is 4.86. The molecular weight excluding hydrogens is 245 g/mol. The van der Waals surface area contributed by atoms with Gasteiger partial charge < -0.3 is 9.52 Å². The van der Waals surface area contributed by atoms with Crippen LogP contribution in [0.25, 0.3) is 11.3 Å². The topological polar surface area (TPSA) is 33.4 Å². The second-order valence-electron chi connectivity index (χ2n) is 3.88. The molecule has 5 heteroatoms. The van der Waals surface area contributed by atoms with Gasteiger partial charge in [0.2, 0.25) is 0 Å². The van der Waals surface area contributed by atoms with Crippen LogP contribution < -0.4 is 0 Å². The predicted molar refractivity (Wildman–Crippen MR) is 59.3 cm³/mol. The molecule has 1 atom stereocenters.